The molecule has 2 rings (SSSR count). The fraction of sp³-hybridized carbons (Fsp3) is 0.350. The Labute approximate surface area is 173 Å². The molecule has 10 nitrogen and oxygen atoms in total. The zero-order valence-electron chi connectivity index (χ0n) is 16.6. The minimum Gasteiger partial charge on any atom is -0.481 e. The Morgan fingerprint density at radius 2 is 1.87 bits per heavy atom. The molecule has 0 saturated carbocycles. The van der Waals surface area contributed by atoms with E-state index in [2.05, 4.69) is 10.1 Å². The van der Waals surface area contributed by atoms with Crippen LogP contribution in [0.15, 0.2) is 42.6 Å². The minimum atomic E-state index is -1.40. The fourth-order valence-corrected chi connectivity index (χ4v) is 2.78. The van der Waals surface area contributed by atoms with Crippen LogP contribution in [0.5, 0.6) is 0 Å². The van der Waals surface area contributed by atoms with Gasteiger partial charge < -0.3 is 15.2 Å². The second-order valence-corrected chi connectivity index (χ2v) is 6.60. The topological polar surface area (TPSA) is 133 Å². The number of ketones is 1. The van der Waals surface area contributed by atoms with E-state index in [1.807, 2.05) is 6.07 Å². The normalized spacial score (nSPS) is 15.3. The van der Waals surface area contributed by atoms with Crippen LogP contribution >= 0.6 is 0 Å². The molecule has 30 heavy (non-hydrogen) atoms. The van der Waals surface area contributed by atoms with Gasteiger partial charge >= 0.3 is 18.0 Å². The van der Waals surface area contributed by atoms with Crippen molar-refractivity contribution in [2.24, 2.45) is 0 Å². The first-order valence-electron chi connectivity index (χ1n) is 9.20. The van der Waals surface area contributed by atoms with Gasteiger partial charge in [0.15, 0.2) is 12.4 Å². The third-order valence-corrected chi connectivity index (χ3v) is 4.37. The molecule has 0 bridgehead atoms. The lowest BCUT2D eigenvalue weighted by molar-refractivity contribution is -0.147. The molecule has 1 aliphatic heterocycles. The quantitative estimate of drug-likeness (QED) is 0.571. The minimum absolute atomic E-state index is 0.330. The number of hydrogen-bond acceptors (Lipinski definition) is 6. The summed E-state index contributed by atoms with van der Waals surface area (Å²) in [6.07, 6.45) is 2.50. The van der Waals surface area contributed by atoms with E-state index in [0.717, 1.165) is 6.92 Å². The van der Waals surface area contributed by atoms with Gasteiger partial charge in [-0.25, -0.2) is 4.79 Å². The maximum atomic E-state index is 12.8. The second kappa shape index (κ2) is 10.2. The van der Waals surface area contributed by atoms with Crippen molar-refractivity contribution in [3.8, 4) is 0 Å². The predicted octanol–water partition coefficient (Wildman–Crippen LogP) is 0.923. The highest BCUT2D eigenvalue weighted by Crippen LogP contribution is 2.20. The predicted molar refractivity (Wildman–Crippen MR) is 105 cm³/mol. The van der Waals surface area contributed by atoms with E-state index in [0.29, 0.717) is 12.2 Å². The molecule has 0 aromatic heterocycles. The number of ether oxygens (including phenoxy) is 1. The molecule has 0 spiro atoms. The number of anilines is 1. The van der Waals surface area contributed by atoms with Crippen LogP contribution in [0.1, 0.15) is 20.3 Å². The molecule has 0 fully saturated rings. The van der Waals surface area contributed by atoms with Crippen LogP contribution in [0.2, 0.25) is 0 Å². The van der Waals surface area contributed by atoms with Gasteiger partial charge in [0.05, 0.1) is 6.42 Å². The molecule has 3 amide bonds. The molecule has 10 heteroatoms. The number of rotatable bonds is 9. The van der Waals surface area contributed by atoms with Crippen LogP contribution in [-0.2, 0) is 23.9 Å². The highest BCUT2D eigenvalue weighted by atomic mass is 16.5. The van der Waals surface area contributed by atoms with Crippen molar-refractivity contribution in [3.05, 3.63) is 42.6 Å². The third kappa shape index (κ3) is 5.90. The van der Waals surface area contributed by atoms with E-state index in [9.17, 15) is 24.0 Å². The molecule has 0 saturated heterocycles. The number of carboxylic acids is 1. The highest BCUT2D eigenvalue weighted by Gasteiger charge is 2.33. The monoisotopic (exact) mass is 417 g/mol. The Hall–Kier alpha value is -3.69. The van der Waals surface area contributed by atoms with E-state index >= 15 is 0 Å². The summed E-state index contributed by atoms with van der Waals surface area (Å²) in [5.41, 5.74) is 0.657. The van der Waals surface area contributed by atoms with Gasteiger partial charge in [-0.3, -0.25) is 29.0 Å². The molecule has 2 atom stereocenters. The smallest absolute Gasteiger partial charge is 0.329 e. The van der Waals surface area contributed by atoms with Crippen LogP contribution < -0.4 is 10.2 Å². The van der Waals surface area contributed by atoms with Gasteiger partial charge in [0, 0.05) is 25.4 Å². The van der Waals surface area contributed by atoms with Crippen LogP contribution in [-0.4, -0.2) is 64.9 Å². The van der Waals surface area contributed by atoms with Crippen LogP contribution in [0, 0.1) is 0 Å². The third-order valence-electron chi connectivity index (χ3n) is 4.37. The number of para-hydroxylation sites is 1. The lowest BCUT2D eigenvalue weighted by atomic mass is 10.1. The molecule has 1 heterocycles. The number of esters is 1. The number of aliphatic carboxylic acids is 1. The molecule has 0 radical (unpaired) electrons. The van der Waals surface area contributed by atoms with Crippen LogP contribution in [0.4, 0.5) is 10.5 Å². The number of carbonyl (C=O) groups excluding carboxylic acids is 4. The Morgan fingerprint density at radius 3 is 2.47 bits per heavy atom. The standard InChI is InChI=1S/C20H23N3O7/c1-13(19(28)21-16(11-18(26)27)17(25)12-30-14(2)24)22-9-6-10-23(20(22)29)15-7-4-3-5-8-15/h3-9,13,16H,10-12H2,1-2H3,(H,21,28)(H,26,27). The molecule has 1 aromatic rings. The Bertz CT molecular complexity index is 853. The summed E-state index contributed by atoms with van der Waals surface area (Å²) < 4.78 is 4.59. The van der Waals surface area contributed by atoms with Gasteiger partial charge in [0.25, 0.3) is 0 Å². The summed E-state index contributed by atoms with van der Waals surface area (Å²) in [5, 5.41) is 11.4. The number of nitrogens with zero attached hydrogens (tertiary/aromatic N) is 2. The average molecular weight is 417 g/mol. The summed E-state index contributed by atoms with van der Waals surface area (Å²) in [7, 11) is 0. The highest BCUT2D eigenvalue weighted by molar-refractivity contribution is 5.99. The fourth-order valence-electron chi connectivity index (χ4n) is 2.78. The number of nitrogens with one attached hydrogen (secondary N) is 1. The molecule has 1 aliphatic rings. The summed E-state index contributed by atoms with van der Waals surface area (Å²) in [4.78, 5) is 62.3. The van der Waals surface area contributed by atoms with E-state index < -0.39 is 54.8 Å². The molecule has 1 aromatic carbocycles. The molecule has 2 N–H and O–H groups in total. The van der Waals surface area contributed by atoms with Gasteiger partial charge in [-0.2, -0.15) is 0 Å². The SMILES string of the molecule is CC(=O)OCC(=O)C(CC(=O)O)NC(=O)C(C)N1C=CCN(c2ccccc2)C1=O. The van der Waals surface area contributed by atoms with Crippen molar-refractivity contribution in [1.29, 1.82) is 0 Å². The number of urea groups is 1. The molecule has 0 aliphatic carbocycles. The Kier molecular flexibility index (Phi) is 7.68. The first-order valence-corrected chi connectivity index (χ1v) is 9.20. The number of carboxylic acid groups (broad SMARTS) is 1. The lowest BCUT2D eigenvalue weighted by Gasteiger charge is -2.34. The first-order chi connectivity index (χ1) is 14.2. The maximum Gasteiger partial charge on any atom is 0.329 e. The summed E-state index contributed by atoms with van der Waals surface area (Å²) in [6, 6.07) is 6.06. The zero-order valence-corrected chi connectivity index (χ0v) is 16.6. The first kappa shape index (κ1) is 22.6. The van der Waals surface area contributed by atoms with E-state index in [1.54, 1.807) is 30.3 Å². The van der Waals surface area contributed by atoms with Gasteiger partial charge in [0.2, 0.25) is 5.91 Å². The number of Topliss-reactive ketones (excluding diaryl/α,β-unsaturated/α-hetero) is 1. The van der Waals surface area contributed by atoms with Gasteiger partial charge in [-0.05, 0) is 25.1 Å². The zero-order chi connectivity index (χ0) is 22.3. The molecule has 2 unspecified atom stereocenters. The number of carbonyl (C=O) groups is 5. The van der Waals surface area contributed by atoms with E-state index in [1.165, 1.54) is 22.9 Å². The second-order valence-electron chi connectivity index (χ2n) is 6.60. The molecular weight excluding hydrogens is 394 g/mol. The van der Waals surface area contributed by atoms with Gasteiger partial charge in [-0.1, -0.05) is 18.2 Å². The van der Waals surface area contributed by atoms with Gasteiger partial charge in [-0.15, -0.1) is 0 Å². The van der Waals surface area contributed by atoms with Crippen LogP contribution in [0.25, 0.3) is 0 Å². The van der Waals surface area contributed by atoms with Crippen molar-refractivity contribution in [2.45, 2.75) is 32.4 Å². The van der Waals surface area contributed by atoms with E-state index in [-0.39, 0.29) is 0 Å². The molecule has 160 valence electrons. The van der Waals surface area contributed by atoms with Crippen molar-refractivity contribution < 1.29 is 33.8 Å². The number of benzene rings is 1. The number of amides is 3. The van der Waals surface area contributed by atoms with Crippen molar-refractivity contribution in [2.75, 3.05) is 18.1 Å². The van der Waals surface area contributed by atoms with Crippen LogP contribution in [0.3, 0.4) is 0 Å². The van der Waals surface area contributed by atoms with Crippen molar-refractivity contribution in [1.82, 2.24) is 10.2 Å². The van der Waals surface area contributed by atoms with E-state index in [4.69, 9.17) is 5.11 Å². The Morgan fingerprint density at radius 1 is 1.20 bits per heavy atom. The Balaban J connectivity index is 2.10. The summed E-state index contributed by atoms with van der Waals surface area (Å²) in [6.45, 7) is 2.23. The lowest BCUT2D eigenvalue weighted by Crippen LogP contribution is -2.55. The maximum absolute atomic E-state index is 12.8. The summed E-state index contributed by atoms with van der Waals surface area (Å²) >= 11 is 0. The summed E-state index contributed by atoms with van der Waals surface area (Å²) in [5.74, 6) is -3.50. The van der Waals surface area contributed by atoms with Crippen molar-refractivity contribution in [3.63, 3.8) is 0 Å². The largest absolute Gasteiger partial charge is 0.481 e. The average Bonchev–Trinajstić information content (AvgIpc) is 2.71. The molecular formula is C20H23N3O7. The number of hydrogen-bond donors (Lipinski definition) is 2. The van der Waals surface area contributed by atoms with Gasteiger partial charge in [0.1, 0.15) is 12.1 Å². The van der Waals surface area contributed by atoms with Crippen molar-refractivity contribution >= 4 is 35.3 Å².